The van der Waals surface area contributed by atoms with Gasteiger partial charge >= 0.3 is 0 Å². The van der Waals surface area contributed by atoms with E-state index >= 15 is 0 Å². The highest BCUT2D eigenvalue weighted by Crippen LogP contribution is 2.18. The minimum Gasteiger partial charge on any atom is -0.291 e. The summed E-state index contributed by atoms with van der Waals surface area (Å²) in [5, 5.41) is 8.81. The van der Waals surface area contributed by atoms with Crippen LogP contribution in [0.25, 0.3) is 0 Å². The smallest absolute Gasteiger partial charge is 0.0692 e. The van der Waals surface area contributed by atoms with Gasteiger partial charge in [-0.25, -0.2) is 0 Å². The zero-order chi connectivity index (χ0) is 14.1. The fourth-order valence-electron chi connectivity index (χ4n) is 3.24. The zero-order valence-electron chi connectivity index (χ0n) is 13.1. The maximum absolute atomic E-state index is 8.81. The molecule has 0 saturated carbocycles. The van der Waals surface area contributed by atoms with Gasteiger partial charge in [0.25, 0.3) is 0 Å². The van der Waals surface area contributed by atoms with Crippen LogP contribution >= 0.6 is 0 Å². The molecule has 0 aromatic carbocycles. The largest absolute Gasteiger partial charge is 0.291 e. The molecule has 1 unspecified atom stereocenters. The summed E-state index contributed by atoms with van der Waals surface area (Å²) in [5.74, 6) is 0.684. The highest BCUT2D eigenvalue weighted by Gasteiger charge is 2.31. The molecule has 0 aliphatic carbocycles. The standard InChI is InChI=1S/C15H31N3Si/c1-4-5-6-7-11-17-13-9-14-18(12-8-10-16)15(17)19(2)3/h15,19H,4-9,11-14H2,1-3H3. The molecule has 1 rings (SSSR count). The van der Waals surface area contributed by atoms with Crippen molar-refractivity contribution >= 4 is 8.80 Å². The molecule has 0 aromatic heterocycles. The first-order chi connectivity index (χ1) is 9.20. The van der Waals surface area contributed by atoms with Gasteiger partial charge in [-0.2, -0.15) is 5.26 Å². The van der Waals surface area contributed by atoms with E-state index in [-0.39, 0.29) is 0 Å². The molecule has 19 heavy (non-hydrogen) atoms. The molecule has 0 amide bonds. The van der Waals surface area contributed by atoms with Crippen molar-refractivity contribution in [3.05, 3.63) is 0 Å². The SMILES string of the molecule is CCCCCCN1CCCN(CCC#N)C1[SiH](C)C. The minimum atomic E-state index is -0.727. The van der Waals surface area contributed by atoms with Crippen molar-refractivity contribution in [2.75, 3.05) is 26.2 Å². The number of nitriles is 1. The van der Waals surface area contributed by atoms with Gasteiger partial charge in [0.1, 0.15) is 0 Å². The molecule has 0 N–H and O–H groups in total. The molecule has 0 aromatic rings. The lowest BCUT2D eigenvalue weighted by Gasteiger charge is -2.46. The maximum atomic E-state index is 8.81. The Morgan fingerprint density at radius 3 is 2.37 bits per heavy atom. The quantitative estimate of drug-likeness (QED) is 0.506. The Morgan fingerprint density at radius 1 is 1.11 bits per heavy atom. The number of hydrogen-bond acceptors (Lipinski definition) is 3. The molecule has 4 heteroatoms. The van der Waals surface area contributed by atoms with Gasteiger partial charge in [-0.15, -0.1) is 0 Å². The third-order valence-corrected chi connectivity index (χ3v) is 6.08. The van der Waals surface area contributed by atoms with Crippen LogP contribution in [-0.2, 0) is 0 Å². The van der Waals surface area contributed by atoms with Crippen molar-refractivity contribution < 1.29 is 0 Å². The number of rotatable bonds is 8. The van der Waals surface area contributed by atoms with E-state index in [9.17, 15) is 0 Å². The molecule has 3 nitrogen and oxygen atoms in total. The average molecular weight is 282 g/mol. The molecule has 1 aliphatic rings. The van der Waals surface area contributed by atoms with Gasteiger partial charge in [-0.3, -0.25) is 9.80 Å². The molecule has 0 bridgehead atoms. The van der Waals surface area contributed by atoms with Crippen LogP contribution < -0.4 is 0 Å². The van der Waals surface area contributed by atoms with E-state index in [2.05, 4.69) is 35.9 Å². The molecular formula is C15H31N3Si. The van der Waals surface area contributed by atoms with Crippen LogP contribution in [-0.4, -0.2) is 50.6 Å². The van der Waals surface area contributed by atoms with Crippen molar-refractivity contribution in [3.8, 4) is 6.07 Å². The van der Waals surface area contributed by atoms with Crippen LogP contribution in [0.1, 0.15) is 45.4 Å². The molecule has 1 saturated heterocycles. The van der Waals surface area contributed by atoms with Gasteiger partial charge in [0.15, 0.2) is 0 Å². The molecule has 1 aliphatic heterocycles. The lowest BCUT2D eigenvalue weighted by Crippen LogP contribution is -2.59. The van der Waals surface area contributed by atoms with Gasteiger partial charge < -0.3 is 0 Å². The lowest BCUT2D eigenvalue weighted by atomic mass is 10.2. The Kier molecular flexibility index (Phi) is 8.36. The van der Waals surface area contributed by atoms with E-state index in [0.717, 1.165) is 6.54 Å². The van der Waals surface area contributed by atoms with Crippen LogP contribution in [0.4, 0.5) is 0 Å². The molecule has 1 atom stereocenters. The fourth-order valence-corrected chi connectivity index (χ4v) is 5.52. The summed E-state index contributed by atoms with van der Waals surface area (Å²) in [6.07, 6.45) is 7.36. The van der Waals surface area contributed by atoms with Crippen molar-refractivity contribution in [2.45, 2.75) is 64.3 Å². The summed E-state index contributed by atoms with van der Waals surface area (Å²) in [4.78, 5) is 5.30. The van der Waals surface area contributed by atoms with Gasteiger partial charge in [0.05, 0.1) is 14.9 Å². The number of nitrogens with zero attached hydrogens (tertiary/aromatic N) is 3. The third-order valence-electron chi connectivity index (χ3n) is 4.04. The topological polar surface area (TPSA) is 30.3 Å². The summed E-state index contributed by atoms with van der Waals surface area (Å²) >= 11 is 0. The first-order valence-electron chi connectivity index (χ1n) is 8.05. The summed E-state index contributed by atoms with van der Waals surface area (Å²) in [6, 6.07) is 2.30. The first-order valence-corrected chi connectivity index (χ1v) is 11.0. The second kappa shape index (κ2) is 9.52. The third kappa shape index (κ3) is 5.64. The molecule has 1 fully saturated rings. The van der Waals surface area contributed by atoms with E-state index in [0.29, 0.717) is 12.2 Å². The predicted octanol–water partition coefficient (Wildman–Crippen LogP) is 2.84. The monoisotopic (exact) mass is 281 g/mol. The Bertz CT molecular complexity index is 275. The van der Waals surface area contributed by atoms with E-state index in [1.807, 2.05) is 0 Å². The molecule has 1 heterocycles. The van der Waals surface area contributed by atoms with Gasteiger partial charge in [-0.1, -0.05) is 39.3 Å². The van der Waals surface area contributed by atoms with Crippen LogP contribution in [0.2, 0.25) is 13.1 Å². The minimum absolute atomic E-state index is 0.682. The Balaban J connectivity index is 2.49. The first kappa shape index (κ1) is 16.7. The second-order valence-corrected chi connectivity index (χ2v) is 9.14. The van der Waals surface area contributed by atoms with Crippen molar-refractivity contribution in [1.82, 2.24) is 9.80 Å². The average Bonchev–Trinajstić information content (AvgIpc) is 2.41. The van der Waals surface area contributed by atoms with E-state index < -0.39 is 8.80 Å². The summed E-state index contributed by atoms with van der Waals surface area (Å²) in [5.41, 5.74) is 0. The molecular weight excluding hydrogens is 250 g/mol. The molecule has 0 spiro atoms. The summed E-state index contributed by atoms with van der Waals surface area (Å²) < 4.78 is 0. The maximum Gasteiger partial charge on any atom is 0.0692 e. The van der Waals surface area contributed by atoms with E-state index in [1.54, 1.807) is 0 Å². The van der Waals surface area contributed by atoms with Crippen LogP contribution in [0.3, 0.4) is 0 Å². The number of unbranched alkanes of at least 4 members (excludes halogenated alkanes) is 3. The second-order valence-electron chi connectivity index (χ2n) is 6.05. The summed E-state index contributed by atoms with van der Waals surface area (Å²) in [7, 11) is -0.727. The predicted molar refractivity (Wildman–Crippen MR) is 84.8 cm³/mol. The van der Waals surface area contributed by atoms with Crippen molar-refractivity contribution in [1.29, 1.82) is 5.26 Å². The van der Waals surface area contributed by atoms with Gasteiger partial charge in [0.2, 0.25) is 0 Å². The van der Waals surface area contributed by atoms with Gasteiger partial charge in [-0.05, 0) is 19.4 Å². The highest BCUT2D eigenvalue weighted by molar-refractivity contribution is 6.57. The van der Waals surface area contributed by atoms with Crippen LogP contribution in [0.5, 0.6) is 0 Å². The van der Waals surface area contributed by atoms with Gasteiger partial charge in [0, 0.05) is 31.8 Å². The highest BCUT2D eigenvalue weighted by atomic mass is 28.3. The van der Waals surface area contributed by atoms with Crippen LogP contribution in [0.15, 0.2) is 0 Å². The fraction of sp³-hybridized carbons (Fsp3) is 0.933. The van der Waals surface area contributed by atoms with Crippen molar-refractivity contribution in [2.24, 2.45) is 0 Å². The molecule has 110 valence electrons. The lowest BCUT2D eigenvalue weighted by molar-refractivity contribution is 0.0517. The Hall–Kier alpha value is -0.373. The normalized spacial score (nSPS) is 21.7. The number of hydrogen-bond donors (Lipinski definition) is 0. The van der Waals surface area contributed by atoms with Crippen molar-refractivity contribution in [3.63, 3.8) is 0 Å². The Labute approximate surface area is 121 Å². The summed E-state index contributed by atoms with van der Waals surface area (Å²) in [6.45, 7) is 11.9. The van der Waals surface area contributed by atoms with E-state index in [4.69, 9.17) is 5.26 Å². The van der Waals surface area contributed by atoms with E-state index in [1.165, 1.54) is 51.7 Å². The molecule has 0 radical (unpaired) electrons. The van der Waals surface area contributed by atoms with Crippen LogP contribution in [0, 0.1) is 11.3 Å². The zero-order valence-corrected chi connectivity index (χ0v) is 14.2. The Morgan fingerprint density at radius 2 is 1.79 bits per heavy atom.